The summed E-state index contributed by atoms with van der Waals surface area (Å²) in [4.78, 5) is 36.3. The first-order valence-electron chi connectivity index (χ1n) is 9.83. The lowest BCUT2D eigenvalue weighted by atomic mass is 10.0. The second-order valence-corrected chi connectivity index (χ2v) is 7.70. The molecule has 5 rings (SSSR count). The molecule has 1 fully saturated rings. The van der Waals surface area contributed by atoms with Crippen LogP contribution in [-0.2, 0) is 14.3 Å². The quantitative estimate of drug-likeness (QED) is 0.114. The normalized spacial score (nSPS) is 23.0. The molecule has 0 radical (unpaired) electrons. The van der Waals surface area contributed by atoms with Crippen LogP contribution in [0, 0.1) is 0 Å². The van der Waals surface area contributed by atoms with E-state index in [-0.39, 0.29) is 28.2 Å². The molecule has 1 saturated heterocycles. The largest absolute Gasteiger partial charge is 0.504 e. The molecule has 4 aromatic rings. The van der Waals surface area contributed by atoms with Crippen LogP contribution in [0.25, 0.3) is 32.7 Å². The van der Waals surface area contributed by atoms with Crippen molar-refractivity contribution in [1.82, 2.24) is 0 Å². The van der Waals surface area contributed by atoms with E-state index in [0.29, 0.717) is 0 Å². The van der Waals surface area contributed by atoms with Gasteiger partial charge in [0.1, 0.15) is 12.2 Å². The van der Waals surface area contributed by atoms with Gasteiger partial charge in [0, 0.05) is 17.7 Å². The third-order valence-corrected chi connectivity index (χ3v) is 5.53. The number of phenolic OH excluding ortho intramolecular Hbond substituents is 3. The highest BCUT2D eigenvalue weighted by Crippen LogP contribution is 2.45. The Balaban J connectivity index is 1.65. The predicted octanol–water partition coefficient (Wildman–Crippen LogP) is -0.00420. The van der Waals surface area contributed by atoms with Crippen molar-refractivity contribution in [1.29, 1.82) is 0 Å². The van der Waals surface area contributed by atoms with Gasteiger partial charge < -0.3 is 48.6 Å². The van der Waals surface area contributed by atoms with E-state index in [1.807, 2.05) is 0 Å². The molecule has 3 heterocycles. The molecule has 5 N–H and O–H groups in total. The van der Waals surface area contributed by atoms with Crippen molar-refractivity contribution >= 4 is 38.7 Å². The number of aliphatic hydroxyl groups is 2. The molecule has 0 aliphatic carbocycles. The second-order valence-electron chi connectivity index (χ2n) is 7.70. The van der Waals surface area contributed by atoms with Gasteiger partial charge >= 0.3 is 17.2 Å². The number of hydrogen-bond donors (Lipinski definition) is 5. The first-order chi connectivity index (χ1) is 16.1. The van der Waals surface area contributed by atoms with Gasteiger partial charge in [0.2, 0.25) is 17.8 Å². The Hall–Kier alpha value is -4.07. The van der Waals surface area contributed by atoms with Crippen molar-refractivity contribution < 1.29 is 53.4 Å². The van der Waals surface area contributed by atoms with Gasteiger partial charge in [-0.2, -0.15) is 0 Å². The lowest BCUT2D eigenvalue weighted by molar-refractivity contribution is -0.247. The second kappa shape index (κ2) is 7.48. The molecule has 2 aromatic heterocycles. The zero-order chi connectivity index (χ0) is 24.5. The Kier molecular flexibility index (Phi) is 4.79. The van der Waals surface area contributed by atoms with E-state index in [9.17, 15) is 39.9 Å². The molecule has 13 heteroatoms. The monoisotopic (exact) mass is 476 g/mol. The van der Waals surface area contributed by atoms with Crippen LogP contribution in [0.3, 0.4) is 0 Å². The van der Waals surface area contributed by atoms with Crippen LogP contribution in [0.15, 0.2) is 30.6 Å². The van der Waals surface area contributed by atoms with Gasteiger partial charge in [0.25, 0.3) is 0 Å². The fourth-order valence-electron chi connectivity index (χ4n) is 3.97. The Morgan fingerprint density at radius 2 is 1.53 bits per heavy atom. The number of aromatic hydroxyl groups is 3. The van der Waals surface area contributed by atoms with Gasteiger partial charge in [-0.15, -0.1) is 0 Å². The first kappa shape index (κ1) is 21.8. The lowest BCUT2D eigenvalue weighted by Crippen LogP contribution is -2.56. The highest BCUT2D eigenvalue weighted by molar-refractivity contribution is 6.22. The molecule has 0 spiro atoms. The summed E-state index contributed by atoms with van der Waals surface area (Å²) in [7, 11) is 0. The minimum atomic E-state index is -1.73. The zero-order valence-electron chi connectivity index (χ0n) is 17.2. The third kappa shape index (κ3) is 3.09. The van der Waals surface area contributed by atoms with Crippen LogP contribution in [0.5, 0.6) is 23.0 Å². The van der Waals surface area contributed by atoms with Gasteiger partial charge in [0.15, 0.2) is 28.8 Å². The third-order valence-electron chi connectivity index (χ3n) is 5.53. The van der Waals surface area contributed by atoms with Crippen molar-refractivity contribution in [3.63, 3.8) is 0 Å². The summed E-state index contributed by atoms with van der Waals surface area (Å²) >= 11 is 0. The standard InChI is InChI=1S/C21H16O13/c1-5(22)31-10-4-30-21(16(27)14(10)25)32-9-3-7-12-11-6(19(28)34-18(12)15(9)26)2-8(23)13(24)17(11)33-20(7)29/h2-3,10,14,16,21,23-27H,4H2,1H3/t10-,14+,16-,21+/m1/s1. The van der Waals surface area contributed by atoms with Gasteiger partial charge in [-0.1, -0.05) is 0 Å². The average molecular weight is 476 g/mol. The topological polar surface area (TPSA) is 206 Å². The van der Waals surface area contributed by atoms with Gasteiger partial charge in [-0.3, -0.25) is 4.79 Å². The maximum absolute atomic E-state index is 12.6. The molecule has 0 bridgehead atoms. The summed E-state index contributed by atoms with van der Waals surface area (Å²) in [6.45, 7) is 0.765. The van der Waals surface area contributed by atoms with E-state index < -0.39 is 76.0 Å². The smallest absolute Gasteiger partial charge is 0.344 e. The molecule has 4 atom stereocenters. The van der Waals surface area contributed by atoms with Gasteiger partial charge in [-0.05, 0) is 12.1 Å². The Morgan fingerprint density at radius 3 is 2.15 bits per heavy atom. The van der Waals surface area contributed by atoms with Crippen LogP contribution >= 0.6 is 0 Å². The SMILES string of the molecule is CC(=O)O[C@@H]1CO[C@@H](Oc2cc3c(=O)oc4c(O)c(O)cc5c(=O)oc(c2O)c3c45)[C@H](O)[C@H]1O. The first-order valence-corrected chi connectivity index (χ1v) is 9.83. The maximum atomic E-state index is 12.6. The van der Waals surface area contributed by atoms with Crippen molar-refractivity contribution in [2.24, 2.45) is 0 Å². The highest BCUT2D eigenvalue weighted by Gasteiger charge is 2.42. The molecular weight excluding hydrogens is 460 g/mol. The van der Waals surface area contributed by atoms with Crippen LogP contribution in [0.4, 0.5) is 0 Å². The number of aliphatic hydroxyl groups excluding tert-OH is 2. The number of phenols is 3. The fraction of sp³-hybridized carbons (Fsp3) is 0.286. The maximum Gasteiger partial charge on any atom is 0.344 e. The molecule has 13 nitrogen and oxygen atoms in total. The Labute approximate surface area is 186 Å². The number of carbonyl (C=O) groups is 1. The molecule has 0 unspecified atom stereocenters. The lowest BCUT2D eigenvalue weighted by Gasteiger charge is -2.36. The molecular formula is C21H16O13. The van der Waals surface area contributed by atoms with E-state index in [4.69, 9.17) is 23.0 Å². The van der Waals surface area contributed by atoms with Crippen LogP contribution in [0.2, 0.25) is 0 Å². The molecule has 0 amide bonds. The minimum absolute atomic E-state index is 0.0772. The summed E-state index contributed by atoms with van der Waals surface area (Å²) in [5.41, 5.74) is -3.02. The van der Waals surface area contributed by atoms with Crippen molar-refractivity contribution in [2.75, 3.05) is 6.61 Å². The van der Waals surface area contributed by atoms with Crippen molar-refractivity contribution in [3.8, 4) is 23.0 Å². The summed E-state index contributed by atoms with van der Waals surface area (Å²) in [5.74, 6) is -3.42. The van der Waals surface area contributed by atoms with E-state index >= 15 is 0 Å². The van der Waals surface area contributed by atoms with E-state index in [1.165, 1.54) is 0 Å². The van der Waals surface area contributed by atoms with Crippen LogP contribution in [0.1, 0.15) is 6.92 Å². The average Bonchev–Trinajstić information content (AvgIpc) is 2.78. The van der Waals surface area contributed by atoms with Crippen LogP contribution in [-0.4, -0.2) is 62.7 Å². The Bertz CT molecular complexity index is 1570. The summed E-state index contributed by atoms with van der Waals surface area (Å²) in [5, 5.41) is 50.6. The summed E-state index contributed by atoms with van der Waals surface area (Å²) in [6, 6.07) is 1.96. The summed E-state index contributed by atoms with van der Waals surface area (Å²) < 4.78 is 25.9. The molecule has 2 aromatic carbocycles. The molecule has 34 heavy (non-hydrogen) atoms. The van der Waals surface area contributed by atoms with E-state index in [0.717, 1.165) is 19.1 Å². The molecule has 178 valence electrons. The predicted molar refractivity (Wildman–Crippen MR) is 110 cm³/mol. The minimum Gasteiger partial charge on any atom is -0.504 e. The number of ether oxygens (including phenoxy) is 3. The van der Waals surface area contributed by atoms with Gasteiger partial charge in [-0.25, -0.2) is 9.59 Å². The Morgan fingerprint density at radius 1 is 0.941 bits per heavy atom. The summed E-state index contributed by atoms with van der Waals surface area (Å²) in [6.07, 6.45) is -6.05. The molecule has 0 saturated carbocycles. The zero-order valence-corrected chi connectivity index (χ0v) is 17.2. The van der Waals surface area contributed by atoms with E-state index in [1.54, 1.807) is 0 Å². The van der Waals surface area contributed by atoms with Gasteiger partial charge in [0.05, 0.1) is 17.4 Å². The highest BCUT2D eigenvalue weighted by atomic mass is 16.7. The number of hydrogen-bond acceptors (Lipinski definition) is 13. The van der Waals surface area contributed by atoms with Crippen molar-refractivity contribution in [2.45, 2.75) is 31.5 Å². The number of esters is 1. The van der Waals surface area contributed by atoms with Crippen LogP contribution < -0.4 is 16.0 Å². The number of carbonyl (C=O) groups excluding carboxylic acids is 1. The fourth-order valence-corrected chi connectivity index (χ4v) is 3.97. The van der Waals surface area contributed by atoms with Crippen molar-refractivity contribution in [3.05, 3.63) is 33.0 Å². The molecule has 1 aliphatic heterocycles. The number of rotatable bonds is 3. The van der Waals surface area contributed by atoms with E-state index in [2.05, 4.69) is 0 Å². The number of benzene rings is 2. The molecule has 1 aliphatic rings.